The van der Waals surface area contributed by atoms with Crippen molar-refractivity contribution in [2.45, 2.75) is 13.8 Å². The first-order valence-electron chi connectivity index (χ1n) is 15.6. The summed E-state index contributed by atoms with van der Waals surface area (Å²) in [5.74, 6) is 0.180. The zero-order valence-corrected chi connectivity index (χ0v) is 30.1. The highest BCUT2D eigenvalue weighted by Gasteiger charge is 2.27. The van der Waals surface area contributed by atoms with Crippen LogP contribution in [0.5, 0.6) is 23.0 Å². The molecule has 4 aromatic carbocycles. The summed E-state index contributed by atoms with van der Waals surface area (Å²) in [4.78, 5) is 46.0. The van der Waals surface area contributed by atoms with E-state index in [9.17, 15) is 19.2 Å². The summed E-state index contributed by atoms with van der Waals surface area (Å²) in [6.07, 6.45) is 0. The Kier molecular flexibility index (Phi) is 14.0. The molecule has 2 N–H and O–H groups in total. The van der Waals surface area contributed by atoms with Crippen molar-refractivity contribution in [2.75, 3.05) is 41.0 Å². The summed E-state index contributed by atoms with van der Waals surface area (Å²) < 4.78 is 41.3. The molecule has 0 aromatic heterocycles. The highest BCUT2D eigenvalue weighted by atomic mass is 79.9. The second-order valence-corrected chi connectivity index (χ2v) is 11.2. The predicted octanol–water partition coefficient (Wildman–Crippen LogP) is 4.55. The lowest BCUT2D eigenvalue weighted by Gasteiger charge is -2.10. The van der Waals surface area contributed by atoms with Crippen molar-refractivity contribution in [2.24, 2.45) is 0 Å². The second-order valence-electron chi connectivity index (χ2n) is 10.4. The molecule has 4 aromatic rings. The fourth-order valence-electron chi connectivity index (χ4n) is 4.74. The molecule has 52 heavy (non-hydrogen) atoms. The lowest BCUT2D eigenvalue weighted by atomic mass is 9.80. The Morgan fingerprint density at radius 2 is 1.06 bits per heavy atom. The Labute approximate surface area is 307 Å². The molecule has 16 heteroatoms. The summed E-state index contributed by atoms with van der Waals surface area (Å²) in [6, 6.07) is 19.6. The minimum absolute atomic E-state index is 0.0407. The van der Waals surface area contributed by atoms with Gasteiger partial charge in [-0.1, -0.05) is 24.3 Å². The topological polar surface area (TPSA) is 183 Å². The van der Waals surface area contributed by atoms with Crippen LogP contribution in [0.25, 0.3) is 11.1 Å². The average Bonchev–Trinajstić information content (AvgIpc) is 3.87. The van der Waals surface area contributed by atoms with Crippen molar-refractivity contribution in [1.82, 2.24) is 0 Å². The molecule has 2 aliphatic heterocycles. The number of carbonyl (C=O) groups excluding carboxylic acids is 4. The Balaban J connectivity index is 0.000000186. The number of hydrogen-bond donors (Lipinski definition) is 2. The molecule has 0 bridgehead atoms. The molecule has 6 rings (SSSR count). The van der Waals surface area contributed by atoms with E-state index in [-0.39, 0.29) is 20.2 Å². The van der Waals surface area contributed by atoms with Gasteiger partial charge in [-0.2, -0.15) is 0 Å². The van der Waals surface area contributed by atoms with Crippen molar-refractivity contribution in [1.29, 1.82) is 0 Å². The van der Waals surface area contributed by atoms with Crippen LogP contribution in [-0.4, -0.2) is 82.1 Å². The number of ether oxygens (including phenoxy) is 8. The monoisotopic (exact) mass is 780 g/mol. The van der Waals surface area contributed by atoms with Gasteiger partial charge < -0.3 is 47.9 Å². The number of hydrogen-bond acceptors (Lipinski definition) is 14. The van der Waals surface area contributed by atoms with Crippen molar-refractivity contribution in [3.8, 4) is 34.1 Å². The minimum Gasteiger partial charge on any atom is -0.465 e. The number of halogens is 1. The van der Waals surface area contributed by atoms with Gasteiger partial charge >= 0.3 is 31.0 Å². The molecule has 2 heterocycles. The van der Waals surface area contributed by atoms with E-state index in [2.05, 4.69) is 25.4 Å². The van der Waals surface area contributed by atoms with Crippen LogP contribution in [-0.2, 0) is 18.9 Å². The zero-order valence-electron chi connectivity index (χ0n) is 28.5. The third-order valence-corrected chi connectivity index (χ3v) is 7.85. The van der Waals surface area contributed by atoms with Gasteiger partial charge in [0.1, 0.15) is 11.1 Å². The van der Waals surface area contributed by atoms with Crippen LogP contribution in [0.3, 0.4) is 0 Å². The molecule has 0 spiro atoms. The third-order valence-electron chi connectivity index (χ3n) is 7.23. The van der Waals surface area contributed by atoms with Gasteiger partial charge in [-0.3, -0.25) is 0 Å². The van der Waals surface area contributed by atoms with Crippen LogP contribution in [0.2, 0.25) is 0 Å². The SMILES string of the molecule is CCOC(=O)c1ccc(-c2ccc(C(=O)OC)cc2)c2c1OCO2.CCOC(=O)c1ccc(Br)c2c1OCO2.COC(=O)c1ccc(B(O)O)cc1. The standard InChI is InChI=1S/C18H16O6.C10H9BrO4.C8H9BO4/c1-3-22-18(20)14-9-8-13(15-16(14)24-10-23-15)11-4-6-12(7-5-11)17(19)21-2;1-2-13-10(12)6-3-4-7(11)9-8(6)14-5-15-9;1-13-8(10)6-2-4-7(5-3-6)9(11)12/h4-9H,3,10H2,1-2H3;3-4H,2,5H2,1H3;2-5,11-12H,1H3. The summed E-state index contributed by atoms with van der Waals surface area (Å²) in [5.41, 5.74) is 3.51. The summed E-state index contributed by atoms with van der Waals surface area (Å²) in [7, 11) is 1.12. The summed E-state index contributed by atoms with van der Waals surface area (Å²) in [6.45, 7) is 4.29. The average molecular weight is 781 g/mol. The van der Waals surface area contributed by atoms with Crippen molar-refractivity contribution >= 4 is 52.4 Å². The van der Waals surface area contributed by atoms with E-state index < -0.39 is 31.0 Å². The first kappa shape index (κ1) is 39.2. The molecule has 0 unspecified atom stereocenters. The maximum atomic E-state index is 12.0. The first-order valence-corrected chi connectivity index (χ1v) is 16.4. The molecular formula is C36H34BBrO14. The van der Waals surface area contributed by atoms with Crippen LogP contribution in [0, 0.1) is 0 Å². The van der Waals surface area contributed by atoms with Crippen molar-refractivity contribution in [3.63, 3.8) is 0 Å². The first-order chi connectivity index (χ1) is 25.0. The van der Waals surface area contributed by atoms with Crippen LogP contribution in [0.15, 0.2) is 77.3 Å². The number of benzene rings is 4. The number of carbonyl (C=O) groups is 4. The highest BCUT2D eigenvalue weighted by Crippen LogP contribution is 2.44. The summed E-state index contributed by atoms with van der Waals surface area (Å²) >= 11 is 3.31. The van der Waals surface area contributed by atoms with Crippen LogP contribution >= 0.6 is 15.9 Å². The molecule has 14 nitrogen and oxygen atoms in total. The molecule has 0 saturated heterocycles. The second kappa shape index (κ2) is 18.6. The molecule has 272 valence electrons. The molecule has 0 radical (unpaired) electrons. The van der Waals surface area contributed by atoms with Crippen LogP contribution in [0.4, 0.5) is 0 Å². The lowest BCUT2D eigenvalue weighted by Crippen LogP contribution is -2.29. The van der Waals surface area contributed by atoms with Crippen molar-refractivity contribution in [3.05, 3.63) is 99.5 Å². The zero-order chi connectivity index (χ0) is 37.8. The van der Waals surface area contributed by atoms with E-state index in [1.807, 2.05) is 0 Å². The van der Waals surface area contributed by atoms with Crippen molar-refractivity contribution < 1.29 is 67.1 Å². The minimum atomic E-state index is -1.51. The van der Waals surface area contributed by atoms with E-state index >= 15 is 0 Å². The van der Waals surface area contributed by atoms with Crippen LogP contribution < -0.4 is 24.4 Å². The van der Waals surface area contributed by atoms with Gasteiger partial charge in [-0.25, -0.2) is 19.2 Å². The van der Waals surface area contributed by atoms with Gasteiger partial charge in [0.15, 0.2) is 23.0 Å². The normalized spacial score (nSPS) is 11.5. The number of rotatable bonds is 8. The Bertz CT molecular complexity index is 1890. The lowest BCUT2D eigenvalue weighted by molar-refractivity contribution is 0.0511. The van der Waals surface area contributed by atoms with Gasteiger partial charge in [-0.15, -0.1) is 0 Å². The van der Waals surface area contributed by atoms with E-state index in [1.165, 1.54) is 38.5 Å². The number of methoxy groups -OCH3 is 2. The van der Waals surface area contributed by atoms with E-state index in [0.29, 0.717) is 57.3 Å². The molecule has 0 fully saturated rings. The molecular weight excluding hydrogens is 747 g/mol. The summed E-state index contributed by atoms with van der Waals surface area (Å²) in [5, 5.41) is 17.5. The fourth-order valence-corrected chi connectivity index (χ4v) is 5.17. The van der Waals surface area contributed by atoms with Gasteiger partial charge in [-0.05, 0) is 89.3 Å². The van der Waals surface area contributed by atoms with Gasteiger partial charge in [0.05, 0.1) is 43.0 Å². The predicted molar refractivity (Wildman–Crippen MR) is 189 cm³/mol. The van der Waals surface area contributed by atoms with E-state index in [0.717, 1.165) is 15.6 Å². The molecule has 0 atom stereocenters. The molecule has 0 saturated carbocycles. The van der Waals surface area contributed by atoms with E-state index in [1.54, 1.807) is 62.4 Å². The van der Waals surface area contributed by atoms with Crippen LogP contribution in [0.1, 0.15) is 55.3 Å². The molecule has 0 aliphatic carbocycles. The molecule has 2 aliphatic rings. The van der Waals surface area contributed by atoms with E-state index in [4.69, 9.17) is 38.5 Å². The Hall–Kier alpha value is -5.58. The Morgan fingerprint density at radius 1 is 0.615 bits per heavy atom. The molecule has 0 amide bonds. The highest BCUT2D eigenvalue weighted by molar-refractivity contribution is 9.10. The van der Waals surface area contributed by atoms with Gasteiger partial charge in [0, 0.05) is 5.56 Å². The quantitative estimate of drug-likeness (QED) is 0.144. The maximum Gasteiger partial charge on any atom is 0.488 e. The number of fused-ring (bicyclic) bond motifs is 2. The smallest absolute Gasteiger partial charge is 0.465 e. The van der Waals surface area contributed by atoms with Gasteiger partial charge in [0.2, 0.25) is 13.6 Å². The maximum absolute atomic E-state index is 12.0. The largest absolute Gasteiger partial charge is 0.488 e. The fraction of sp³-hybridized carbons (Fsp3) is 0.222. The van der Waals surface area contributed by atoms with Gasteiger partial charge in [0.25, 0.3) is 0 Å². The third kappa shape index (κ3) is 9.40. The Morgan fingerprint density at radius 3 is 1.54 bits per heavy atom. The number of esters is 4.